The van der Waals surface area contributed by atoms with Crippen LogP contribution in [0.4, 0.5) is 5.69 Å². The zero-order chi connectivity index (χ0) is 14.4. The summed E-state index contributed by atoms with van der Waals surface area (Å²) < 4.78 is 0. The average Bonchev–Trinajstić information content (AvgIpc) is 2.66. The molecule has 1 atom stereocenters. The van der Waals surface area contributed by atoms with Crippen molar-refractivity contribution in [1.82, 2.24) is 0 Å². The van der Waals surface area contributed by atoms with Gasteiger partial charge in [0.2, 0.25) is 0 Å². The minimum absolute atomic E-state index is 0.0263. The number of hydrogen-bond acceptors (Lipinski definition) is 4. The lowest BCUT2D eigenvalue weighted by atomic mass is 9.79. The number of aliphatic imine (C=N–C) groups is 1. The Morgan fingerprint density at radius 2 is 2.05 bits per heavy atom. The normalized spacial score (nSPS) is 28.8. The summed E-state index contributed by atoms with van der Waals surface area (Å²) in [6, 6.07) is 7.89. The molecule has 5 heteroatoms. The molecule has 108 valence electrons. The van der Waals surface area contributed by atoms with Gasteiger partial charge in [0.15, 0.2) is 5.96 Å². The Balaban J connectivity index is 2.03. The molecule has 0 aromatic heterocycles. The average molecular weight is 310 g/mol. The third kappa shape index (κ3) is 2.29. The maximum absolute atomic E-state index is 6.38. The molecule has 1 fully saturated rings. The van der Waals surface area contributed by atoms with Crippen molar-refractivity contribution in [3.05, 3.63) is 29.3 Å². The summed E-state index contributed by atoms with van der Waals surface area (Å²) in [5.41, 5.74) is 7.43. The summed E-state index contributed by atoms with van der Waals surface area (Å²) >= 11 is 8.37. The van der Waals surface area contributed by atoms with Crippen LogP contribution < -0.4 is 10.6 Å². The first-order valence-electron chi connectivity index (χ1n) is 6.86. The van der Waals surface area contributed by atoms with E-state index in [2.05, 4.69) is 23.7 Å². The highest BCUT2D eigenvalue weighted by Gasteiger charge is 2.49. The summed E-state index contributed by atoms with van der Waals surface area (Å²) in [4.78, 5) is 6.70. The third-order valence-electron chi connectivity index (χ3n) is 4.00. The minimum atomic E-state index is -0.0263. The lowest BCUT2D eigenvalue weighted by molar-refractivity contribution is 0.282. The molecule has 2 N–H and O–H groups in total. The summed E-state index contributed by atoms with van der Waals surface area (Å²) in [6.45, 7) is 5.40. The van der Waals surface area contributed by atoms with Crippen molar-refractivity contribution in [2.24, 2.45) is 16.1 Å². The highest BCUT2D eigenvalue weighted by atomic mass is 35.5. The lowest BCUT2D eigenvalue weighted by Gasteiger charge is -2.47. The molecule has 0 amide bonds. The van der Waals surface area contributed by atoms with E-state index < -0.39 is 0 Å². The fraction of sp³-hybridized carbons (Fsp3) is 0.533. The van der Waals surface area contributed by atoms with Crippen molar-refractivity contribution in [1.29, 1.82) is 0 Å². The van der Waals surface area contributed by atoms with E-state index in [1.807, 2.05) is 36.0 Å². The fourth-order valence-corrected chi connectivity index (χ4v) is 5.06. The second-order valence-electron chi connectivity index (χ2n) is 6.52. The Labute approximate surface area is 129 Å². The standard InChI is InChI=1S/C15H20ClN3S/c1-14(2)7-15(10-20-9-14)8-18-13(17)19(15)12-6-4-3-5-11(12)16/h3-6H,7-10H2,1-2H3,(H2,17,18). The summed E-state index contributed by atoms with van der Waals surface area (Å²) in [7, 11) is 0. The van der Waals surface area contributed by atoms with Crippen LogP contribution in [0.1, 0.15) is 20.3 Å². The second kappa shape index (κ2) is 4.85. The number of para-hydroxylation sites is 1. The van der Waals surface area contributed by atoms with E-state index in [0.717, 1.165) is 29.4 Å². The van der Waals surface area contributed by atoms with Crippen LogP contribution in [0.5, 0.6) is 0 Å². The molecule has 2 aliphatic heterocycles. The van der Waals surface area contributed by atoms with E-state index in [1.165, 1.54) is 5.75 Å². The number of anilines is 1. The second-order valence-corrected chi connectivity index (χ2v) is 7.91. The molecule has 3 rings (SSSR count). The van der Waals surface area contributed by atoms with Crippen LogP contribution in [0.25, 0.3) is 0 Å². The highest BCUT2D eigenvalue weighted by Crippen LogP contribution is 2.46. The van der Waals surface area contributed by atoms with Gasteiger partial charge < -0.3 is 10.6 Å². The molecule has 0 saturated carbocycles. The third-order valence-corrected chi connectivity index (χ3v) is 6.05. The number of nitrogens with zero attached hydrogens (tertiary/aromatic N) is 2. The van der Waals surface area contributed by atoms with Gasteiger partial charge >= 0.3 is 0 Å². The van der Waals surface area contributed by atoms with Crippen LogP contribution in [0.3, 0.4) is 0 Å². The van der Waals surface area contributed by atoms with Crippen molar-refractivity contribution in [2.75, 3.05) is 23.0 Å². The first-order chi connectivity index (χ1) is 9.44. The molecule has 20 heavy (non-hydrogen) atoms. The first-order valence-corrected chi connectivity index (χ1v) is 8.39. The number of thioether (sulfide) groups is 1. The number of halogens is 1. The summed E-state index contributed by atoms with van der Waals surface area (Å²) in [6.07, 6.45) is 1.09. The smallest absolute Gasteiger partial charge is 0.196 e. The number of hydrogen-bond donors (Lipinski definition) is 1. The topological polar surface area (TPSA) is 41.6 Å². The number of guanidine groups is 1. The van der Waals surface area contributed by atoms with Crippen molar-refractivity contribution >= 4 is 35.0 Å². The zero-order valence-electron chi connectivity index (χ0n) is 11.9. The van der Waals surface area contributed by atoms with E-state index in [0.29, 0.717) is 11.4 Å². The predicted octanol–water partition coefficient (Wildman–Crippen LogP) is 3.38. The van der Waals surface area contributed by atoms with Crippen molar-refractivity contribution in [3.63, 3.8) is 0 Å². The SMILES string of the molecule is CC1(C)CSCC2(CN=C(N)N2c2ccccc2Cl)C1. The first kappa shape index (κ1) is 14.1. The minimum Gasteiger partial charge on any atom is -0.369 e. The Hall–Kier alpha value is -0.870. The van der Waals surface area contributed by atoms with Crippen molar-refractivity contribution in [2.45, 2.75) is 25.8 Å². The van der Waals surface area contributed by atoms with Gasteiger partial charge in [-0.05, 0) is 29.7 Å². The molecule has 0 radical (unpaired) electrons. The largest absolute Gasteiger partial charge is 0.369 e. The summed E-state index contributed by atoms with van der Waals surface area (Å²) in [5.74, 6) is 2.83. The Bertz CT molecular complexity index is 558. The molecule has 2 heterocycles. The van der Waals surface area contributed by atoms with Gasteiger partial charge in [-0.3, -0.25) is 4.99 Å². The molecule has 1 saturated heterocycles. The van der Waals surface area contributed by atoms with E-state index in [1.54, 1.807) is 0 Å². The molecule has 2 aliphatic rings. The Morgan fingerprint density at radius 1 is 1.30 bits per heavy atom. The van der Waals surface area contributed by atoms with Crippen LogP contribution in [0.2, 0.25) is 5.02 Å². The lowest BCUT2D eigenvalue weighted by Crippen LogP contribution is -2.58. The molecule has 1 spiro atoms. The van der Waals surface area contributed by atoms with Gasteiger partial charge in [-0.2, -0.15) is 11.8 Å². The van der Waals surface area contributed by atoms with Crippen molar-refractivity contribution < 1.29 is 0 Å². The van der Waals surface area contributed by atoms with Crippen LogP contribution in [0.15, 0.2) is 29.3 Å². The Morgan fingerprint density at radius 3 is 2.75 bits per heavy atom. The van der Waals surface area contributed by atoms with Crippen LogP contribution in [-0.4, -0.2) is 29.5 Å². The molecular weight excluding hydrogens is 290 g/mol. The molecule has 1 aromatic carbocycles. The van der Waals surface area contributed by atoms with E-state index in [9.17, 15) is 0 Å². The van der Waals surface area contributed by atoms with Gasteiger partial charge in [0.25, 0.3) is 0 Å². The van der Waals surface area contributed by atoms with Crippen LogP contribution in [0, 0.1) is 5.41 Å². The van der Waals surface area contributed by atoms with Gasteiger partial charge in [0.1, 0.15) is 0 Å². The van der Waals surface area contributed by atoms with E-state index in [4.69, 9.17) is 17.3 Å². The maximum Gasteiger partial charge on any atom is 0.196 e. The van der Waals surface area contributed by atoms with Gasteiger partial charge in [0.05, 0.1) is 22.8 Å². The summed E-state index contributed by atoms with van der Waals surface area (Å²) in [5, 5.41) is 0.736. The van der Waals surface area contributed by atoms with Gasteiger partial charge in [-0.15, -0.1) is 0 Å². The maximum atomic E-state index is 6.38. The Kier molecular flexibility index (Phi) is 3.41. The zero-order valence-corrected chi connectivity index (χ0v) is 13.5. The predicted molar refractivity (Wildman–Crippen MR) is 88.9 cm³/mol. The number of rotatable bonds is 1. The molecule has 0 bridgehead atoms. The quantitative estimate of drug-likeness (QED) is 0.864. The fourth-order valence-electron chi connectivity index (χ4n) is 3.38. The monoisotopic (exact) mass is 309 g/mol. The molecular formula is C15H20ClN3S. The molecule has 1 unspecified atom stereocenters. The number of benzene rings is 1. The van der Waals surface area contributed by atoms with E-state index in [-0.39, 0.29) is 5.54 Å². The number of nitrogens with two attached hydrogens (primary N) is 1. The molecule has 0 aliphatic carbocycles. The van der Waals surface area contributed by atoms with Gasteiger partial charge in [-0.25, -0.2) is 0 Å². The molecule has 3 nitrogen and oxygen atoms in total. The van der Waals surface area contributed by atoms with Gasteiger partial charge in [0, 0.05) is 5.75 Å². The van der Waals surface area contributed by atoms with Crippen LogP contribution in [-0.2, 0) is 0 Å². The van der Waals surface area contributed by atoms with Gasteiger partial charge in [-0.1, -0.05) is 37.6 Å². The van der Waals surface area contributed by atoms with E-state index >= 15 is 0 Å². The molecule has 1 aromatic rings. The highest BCUT2D eigenvalue weighted by molar-refractivity contribution is 7.99. The van der Waals surface area contributed by atoms with Crippen molar-refractivity contribution in [3.8, 4) is 0 Å². The van der Waals surface area contributed by atoms with Crippen LogP contribution >= 0.6 is 23.4 Å².